The first-order chi connectivity index (χ1) is 10.9. The summed E-state index contributed by atoms with van der Waals surface area (Å²) in [5.41, 5.74) is 0. The molecule has 3 rings (SSSR count). The molecular weight excluding hydrogens is 272 g/mol. The molecule has 2 aliphatic rings. The average molecular weight is 302 g/mol. The van der Waals surface area contributed by atoms with Crippen LogP contribution in [0.1, 0.15) is 32.1 Å². The molecule has 122 valence electrons. The minimum atomic E-state index is 0.806. The maximum atomic E-state index is 5.84. The molecule has 0 aromatic heterocycles. The van der Waals surface area contributed by atoms with Crippen LogP contribution in [0.15, 0.2) is 30.3 Å². The first-order valence-corrected chi connectivity index (χ1v) is 9.03. The number of rotatable bonds is 6. The van der Waals surface area contributed by atoms with Crippen LogP contribution in [0.4, 0.5) is 0 Å². The maximum absolute atomic E-state index is 5.84. The molecule has 2 heterocycles. The minimum Gasteiger partial charge on any atom is -0.492 e. The van der Waals surface area contributed by atoms with Gasteiger partial charge >= 0.3 is 0 Å². The molecule has 0 N–H and O–H groups in total. The van der Waals surface area contributed by atoms with Crippen molar-refractivity contribution in [3.63, 3.8) is 0 Å². The van der Waals surface area contributed by atoms with E-state index in [9.17, 15) is 0 Å². The summed E-state index contributed by atoms with van der Waals surface area (Å²) in [6, 6.07) is 10.2. The number of hydrogen-bond donors (Lipinski definition) is 0. The standard InChI is InChI=1S/C19H30N2O/c1-3-9-19(10-4-1)22-15-14-21-13-7-8-18(17-21)16-20-11-5-2-6-12-20/h1,3-4,9-10,18H,2,5-8,11-17H2. The fourth-order valence-electron chi connectivity index (χ4n) is 3.82. The van der Waals surface area contributed by atoms with Crippen LogP contribution >= 0.6 is 0 Å². The van der Waals surface area contributed by atoms with Crippen molar-refractivity contribution in [2.75, 3.05) is 45.9 Å². The van der Waals surface area contributed by atoms with Gasteiger partial charge in [-0.05, 0) is 63.4 Å². The second-order valence-corrected chi connectivity index (χ2v) is 6.83. The Labute approximate surface area is 135 Å². The molecule has 0 bridgehead atoms. The molecule has 3 nitrogen and oxygen atoms in total. The van der Waals surface area contributed by atoms with Crippen molar-refractivity contribution < 1.29 is 4.74 Å². The normalized spacial score (nSPS) is 24.3. The predicted octanol–water partition coefficient (Wildman–Crippen LogP) is 3.26. The van der Waals surface area contributed by atoms with Gasteiger partial charge in [0.25, 0.3) is 0 Å². The molecule has 1 aromatic rings. The minimum absolute atomic E-state index is 0.806. The molecule has 0 aliphatic carbocycles. The third-order valence-corrected chi connectivity index (χ3v) is 4.99. The van der Waals surface area contributed by atoms with Crippen molar-refractivity contribution in [1.29, 1.82) is 0 Å². The van der Waals surface area contributed by atoms with Crippen LogP contribution < -0.4 is 4.74 Å². The second kappa shape index (κ2) is 8.54. The summed E-state index contributed by atoms with van der Waals surface area (Å²) in [6.07, 6.45) is 7.00. The van der Waals surface area contributed by atoms with Gasteiger partial charge in [0.1, 0.15) is 12.4 Å². The van der Waals surface area contributed by atoms with Crippen molar-refractivity contribution in [2.24, 2.45) is 5.92 Å². The lowest BCUT2D eigenvalue weighted by atomic mass is 9.96. The predicted molar refractivity (Wildman–Crippen MR) is 91.4 cm³/mol. The topological polar surface area (TPSA) is 15.7 Å². The highest BCUT2D eigenvalue weighted by molar-refractivity contribution is 5.20. The summed E-state index contributed by atoms with van der Waals surface area (Å²) >= 11 is 0. The molecule has 2 saturated heterocycles. The van der Waals surface area contributed by atoms with Gasteiger partial charge < -0.3 is 9.64 Å². The molecule has 0 amide bonds. The molecule has 3 heteroatoms. The van der Waals surface area contributed by atoms with Gasteiger partial charge in [-0.2, -0.15) is 0 Å². The maximum Gasteiger partial charge on any atom is 0.119 e. The summed E-state index contributed by atoms with van der Waals surface area (Å²) in [7, 11) is 0. The zero-order valence-electron chi connectivity index (χ0n) is 13.8. The van der Waals surface area contributed by atoms with Gasteiger partial charge in [0.05, 0.1) is 0 Å². The van der Waals surface area contributed by atoms with Gasteiger partial charge in [-0.3, -0.25) is 4.90 Å². The van der Waals surface area contributed by atoms with Crippen molar-refractivity contribution in [2.45, 2.75) is 32.1 Å². The van der Waals surface area contributed by atoms with Crippen LogP contribution in [0.2, 0.25) is 0 Å². The van der Waals surface area contributed by atoms with E-state index in [0.29, 0.717) is 0 Å². The fourth-order valence-corrected chi connectivity index (χ4v) is 3.82. The van der Waals surface area contributed by atoms with Crippen molar-refractivity contribution in [3.05, 3.63) is 30.3 Å². The number of likely N-dealkylation sites (tertiary alicyclic amines) is 2. The molecule has 1 aromatic carbocycles. The quantitative estimate of drug-likeness (QED) is 0.802. The van der Waals surface area contributed by atoms with Gasteiger partial charge in [0.15, 0.2) is 0 Å². The highest BCUT2D eigenvalue weighted by Crippen LogP contribution is 2.19. The second-order valence-electron chi connectivity index (χ2n) is 6.83. The highest BCUT2D eigenvalue weighted by atomic mass is 16.5. The summed E-state index contributed by atoms with van der Waals surface area (Å²) in [6.45, 7) is 8.34. The Balaban J connectivity index is 1.37. The van der Waals surface area contributed by atoms with Gasteiger partial charge in [-0.25, -0.2) is 0 Å². The van der Waals surface area contributed by atoms with Crippen molar-refractivity contribution in [1.82, 2.24) is 9.80 Å². The van der Waals surface area contributed by atoms with Crippen LogP contribution in [0.5, 0.6) is 5.75 Å². The summed E-state index contributed by atoms with van der Waals surface area (Å²) in [5.74, 6) is 1.85. The van der Waals surface area contributed by atoms with Crippen LogP contribution in [0, 0.1) is 5.92 Å². The van der Waals surface area contributed by atoms with E-state index in [-0.39, 0.29) is 0 Å². The third kappa shape index (κ3) is 4.99. The zero-order valence-corrected chi connectivity index (χ0v) is 13.8. The molecule has 0 spiro atoms. The molecule has 0 saturated carbocycles. The monoisotopic (exact) mass is 302 g/mol. The number of hydrogen-bond acceptors (Lipinski definition) is 3. The SMILES string of the molecule is c1ccc(OCCN2CCCC(CN3CCCCC3)C2)cc1. The molecule has 1 unspecified atom stereocenters. The molecule has 0 radical (unpaired) electrons. The lowest BCUT2D eigenvalue weighted by molar-refractivity contribution is 0.110. The summed E-state index contributed by atoms with van der Waals surface area (Å²) < 4.78 is 5.84. The zero-order chi connectivity index (χ0) is 15.0. The van der Waals surface area contributed by atoms with E-state index in [0.717, 1.165) is 24.8 Å². The number of para-hydroxylation sites is 1. The summed E-state index contributed by atoms with van der Waals surface area (Å²) in [5, 5.41) is 0. The van der Waals surface area contributed by atoms with E-state index in [4.69, 9.17) is 4.74 Å². The first-order valence-electron chi connectivity index (χ1n) is 9.03. The van der Waals surface area contributed by atoms with E-state index in [1.54, 1.807) is 0 Å². The smallest absolute Gasteiger partial charge is 0.119 e. The Morgan fingerprint density at radius 1 is 0.909 bits per heavy atom. The van der Waals surface area contributed by atoms with Crippen molar-refractivity contribution in [3.8, 4) is 5.75 Å². The van der Waals surface area contributed by atoms with E-state index < -0.39 is 0 Å². The lowest BCUT2D eigenvalue weighted by Gasteiger charge is -2.36. The summed E-state index contributed by atoms with van der Waals surface area (Å²) in [4.78, 5) is 5.29. The Morgan fingerprint density at radius 2 is 1.68 bits per heavy atom. The Bertz CT molecular complexity index is 417. The van der Waals surface area contributed by atoms with E-state index in [1.165, 1.54) is 64.8 Å². The van der Waals surface area contributed by atoms with Crippen LogP contribution in [-0.2, 0) is 0 Å². The average Bonchev–Trinajstić information content (AvgIpc) is 2.57. The van der Waals surface area contributed by atoms with Gasteiger partial charge in [-0.15, -0.1) is 0 Å². The first kappa shape index (κ1) is 15.8. The largest absolute Gasteiger partial charge is 0.492 e. The van der Waals surface area contributed by atoms with Crippen LogP contribution in [0.3, 0.4) is 0 Å². The molecular formula is C19H30N2O. The molecule has 1 atom stereocenters. The van der Waals surface area contributed by atoms with Crippen molar-refractivity contribution >= 4 is 0 Å². The van der Waals surface area contributed by atoms with Gasteiger partial charge in [0, 0.05) is 19.6 Å². The Kier molecular flexibility index (Phi) is 6.14. The van der Waals surface area contributed by atoms with Crippen LogP contribution in [0.25, 0.3) is 0 Å². The third-order valence-electron chi connectivity index (χ3n) is 4.99. The van der Waals surface area contributed by atoms with Gasteiger partial charge in [-0.1, -0.05) is 24.6 Å². The van der Waals surface area contributed by atoms with E-state index >= 15 is 0 Å². The number of benzene rings is 1. The highest BCUT2D eigenvalue weighted by Gasteiger charge is 2.22. The van der Waals surface area contributed by atoms with E-state index in [1.807, 2.05) is 30.3 Å². The Hall–Kier alpha value is -1.06. The van der Waals surface area contributed by atoms with Crippen LogP contribution in [-0.4, -0.2) is 55.7 Å². The number of nitrogens with zero attached hydrogens (tertiary/aromatic N) is 2. The molecule has 22 heavy (non-hydrogen) atoms. The number of piperidine rings is 2. The molecule has 2 aliphatic heterocycles. The fraction of sp³-hybridized carbons (Fsp3) is 0.684. The van der Waals surface area contributed by atoms with Gasteiger partial charge in [0.2, 0.25) is 0 Å². The Morgan fingerprint density at radius 3 is 2.50 bits per heavy atom. The molecule has 2 fully saturated rings. The lowest BCUT2D eigenvalue weighted by Crippen LogP contribution is -2.43. The number of ether oxygens (including phenoxy) is 1. The van der Waals surface area contributed by atoms with E-state index in [2.05, 4.69) is 9.80 Å².